The molecule has 1 aliphatic rings. The lowest BCUT2D eigenvalue weighted by Crippen LogP contribution is -2.47. The van der Waals surface area contributed by atoms with E-state index in [0.29, 0.717) is 5.75 Å². The van der Waals surface area contributed by atoms with Crippen LogP contribution in [0.2, 0.25) is 0 Å². The molecule has 1 saturated heterocycles. The predicted octanol–water partition coefficient (Wildman–Crippen LogP) is 1.97. The predicted molar refractivity (Wildman–Crippen MR) is 114 cm³/mol. The van der Waals surface area contributed by atoms with Gasteiger partial charge in [0.15, 0.2) is 6.61 Å². The van der Waals surface area contributed by atoms with Crippen molar-refractivity contribution in [1.82, 2.24) is 15.5 Å². The van der Waals surface area contributed by atoms with Crippen molar-refractivity contribution in [3.05, 3.63) is 60.2 Å². The minimum Gasteiger partial charge on any atom is -0.497 e. The fourth-order valence-corrected chi connectivity index (χ4v) is 3.41. The van der Waals surface area contributed by atoms with Gasteiger partial charge in [0.2, 0.25) is 5.91 Å². The molecule has 2 amide bonds. The Morgan fingerprint density at radius 3 is 2.30 bits per heavy atom. The number of hydrogen-bond acceptors (Lipinski definition) is 5. The molecule has 0 spiro atoms. The number of nitrogens with zero attached hydrogens (tertiary/aromatic N) is 1. The molecule has 0 aliphatic carbocycles. The van der Waals surface area contributed by atoms with Crippen LogP contribution >= 0.6 is 0 Å². The zero-order valence-electron chi connectivity index (χ0n) is 17.3. The summed E-state index contributed by atoms with van der Waals surface area (Å²) < 4.78 is 10.5. The van der Waals surface area contributed by atoms with Gasteiger partial charge in [0.25, 0.3) is 5.91 Å². The van der Waals surface area contributed by atoms with Gasteiger partial charge in [-0.3, -0.25) is 14.5 Å². The molecule has 7 heteroatoms. The van der Waals surface area contributed by atoms with Crippen LogP contribution in [0.25, 0.3) is 0 Å². The summed E-state index contributed by atoms with van der Waals surface area (Å²) in [6, 6.07) is 17.5. The molecule has 0 unspecified atom stereocenters. The number of benzene rings is 2. The van der Waals surface area contributed by atoms with Gasteiger partial charge in [0, 0.05) is 25.7 Å². The number of likely N-dealkylation sites (tertiary alicyclic amines) is 1. The monoisotopic (exact) mass is 411 g/mol. The van der Waals surface area contributed by atoms with Gasteiger partial charge in [-0.25, -0.2) is 0 Å². The Morgan fingerprint density at radius 2 is 1.63 bits per heavy atom. The van der Waals surface area contributed by atoms with E-state index < -0.39 is 0 Å². The highest BCUT2D eigenvalue weighted by atomic mass is 16.5. The van der Waals surface area contributed by atoms with E-state index in [9.17, 15) is 9.59 Å². The number of amides is 2. The van der Waals surface area contributed by atoms with Gasteiger partial charge >= 0.3 is 0 Å². The van der Waals surface area contributed by atoms with E-state index in [-0.39, 0.29) is 31.0 Å². The highest BCUT2D eigenvalue weighted by molar-refractivity contribution is 5.85. The third-order valence-electron chi connectivity index (χ3n) is 5.08. The van der Waals surface area contributed by atoms with Crippen LogP contribution in [0.5, 0.6) is 11.5 Å². The van der Waals surface area contributed by atoms with Gasteiger partial charge in [0.05, 0.1) is 13.7 Å². The molecule has 0 radical (unpaired) electrons. The lowest BCUT2D eigenvalue weighted by molar-refractivity contribution is -0.127. The number of piperidine rings is 1. The maximum absolute atomic E-state index is 12.1. The average molecular weight is 412 g/mol. The molecule has 0 saturated carbocycles. The average Bonchev–Trinajstić information content (AvgIpc) is 2.78. The van der Waals surface area contributed by atoms with Gasteiger partial charge < -0.3 is 20.1 Å². The first-order chi connectivity index (χ1) is 14.6. The third kappa shape index (κ3) is 7.08. The number of ether oxygens (including phenoxy) is 2. The minimum absolute atomic E-state index is 0.0466. The van der Waals surface area contributed by atoms with E-state index >= 15 is 0 Å². The largest absolute Gasteiger partial charge is 0.497 e. The second kappa shape index (κ2) is 11.2. The van der Waals surface area contributed by atoms with E-state index in [1.165, 1.54) is 5.56 Å². The zero-order chi connectivity index (χ0) is 21.2. The van der Waals surface area contributed by atoms with Gasteiger partial charge in [-0.2, -0.15) is 0 Å². The Kier molecular flexibility index (Phi) is 8.09. The highest BCUT2D eigenvalue weighted by Crippen LogP contribution is 2.17. The maximum Gasteiger partial charge on any atom is 0.258 e. The summed E-state index contributed by atoms with van der Waals surface area (Å²) >= 11 is 0. The van der Waals surface area contributed by atoms with Crippen LogP contribution in [-0.4, -0.2) is 56.1 Å². The summed E-state index contributed by atoms with van der Waals surface area (Å²) in [5, 5.41) is 5.61. The second-order valence-electron chi connectivity index (χ2n) is 7.34. The number of nitrogens with one attached hydrogen (secondary N) is 2. The summed E-state index contributed by atoms with van der Waals surface area (Å²) in [7, 11) is 1.59. The van der Waals surface area contributed by atoms with Crippen LogP contribution in [0.1, 0.15) is 18.4 Å². The molecule has 2 N–H and O–H groups in total. The molecule has 7 nitrogen and oxygen atoms in total. The Bertz CT molecular complexity index is 803. The summed E-state index contributed by atoms with van der Waals surface area (Å²) in [6.45, 7) is 2.64. The van der Waals surface area contributed by atoms with Crippen molar-refractivity contribution in [1.29, 1.82) is 0 Å². The molecule has 160 valence electrons. The molecular weight excluding hydrogens is 382 g/mol. The number of methoxy groups -OCH3 is 1. The molecule has 2 aromatic carbocycles. The molecule has 1 heterocycles. The van der Waals surface area contributed by atoms with Crippen LogP contribution in [0, 0.1) is 0 Å². The second-order valence-corrected chi connectivity index (χ2v) is 7.34. The quantitative estimate of drug-likeness (QED) is 0.660. The molecule has 1 fully saturated rings. The van der Waals surface area contributed by atoms with Crippen molar-refractivity contribution in [3.63, 3.8) is 0 Å². The Labute approximate surface area is 177 Å². The maximum atomic E-state index is 12.1. The van der Waals surface area contributed by atoms with Crippen LogP contribution in [-0.2, 0) is 16.1 Å². The summed E-state index contributed by atoms with van der Waals surface area (Å²) in [5.74, 6) is 0.778. The number of carbonyl (C=O) groups is 2. The Hall–Kier alpha value is -3.06. The Morgan fingerprint density at radius 1 is 0.967 bits per heavy atom. The van der Waals surface area contributed by atoms with Crippen LogP contribution in [0.15, 0.2) is 54.6 Å². The molecule has 0 atom stereocenters. The van der Waals surface area contributed by atoms with Crippen molar-refractivity contribution < 1.29 is 19.1 Å². The molecule has 0 bridgehead atoms. The smallest absolute Gasteiger partial charge is 0.258 e. The fourth-order valence-electron chi connectivity index (χ4n) is 3.41. The standard InChI is InChI=1S/C23H29N3O4/c1-29-20-7-9-21(10-8-20)30-17-23(28)24-15-22(27)25-19-11-13-26(14-12-19)16-18-5-3-2-4-6-18/h2-10,19H,11-17H2,1H3,(H,24,28)(H,25,27). The van der Waals surface area contributed by atoms with Crippen molar-refractivity contribution in [2.24, 2.45) is 0 Å². The highest BCUT2D eigenvalue weighted by Gasteiger charge is 2.20. The number of rotatable bonds is 9. The number of hydrogen-bond donors (Lipinski definition) is 2. The molecule has 3 rings (SSSR count). The molecule has 1 aliphatic heterocycles. The minimum atomic E-state index is -0.335. The van der Waals surface area contributed by atoms with Gasteiger partial charge in [-0.05, 0) is 42.7 Å². The van der Waals surface area contributed by atoms with Crippen molar-refractivity contribution in [2.45, 2.75) is 25.4 Å². The van der Waals surface area contributed by atoms with Gasteiger partial charge in [-0.1, -0.05) is 30.3 Å². The van der Waals surface area contributed by atoms with Gasteiger partial charge in [-0.15, -0.1) is 0 Å². The fraction of sp³-hybridized carbons (Fsp3) is 0.391. The zero-order valence-corrected chi connectivity index (χ0v) is 17.3. The summed E-state index contributed by atoms with van der Waals surface area (Å²) in [4.78, 5) is 26.4. The van der Waals surface area contributed by atoms with E-state index in [0.717, 1.165) is 38.2 Å². The first kappa shape index (κ1) is 21.6. The first-order valence-electron chi connectivity index (χ1n) is 10.2. The van der Waals surface area contributed by atoms with E-state index in [4.69, 9.17) is 9.47 Å². The van der Waals surface area contributed by atoms with Crippen LogP contribution in [0.4, 0.5) is 0 Å². The molecule has 2 aromatic rings. The lowest BCUT2D eigenvalue weighted by Gasteiger charge is -2.32. The Balaban J connectivity index is 1.29. The van der Waals surface area contributed by atoms with Crippen molar-refractivity contribution in [2.75, 3.05) is 33.4 Å². The topological polar surface area (TPSA) is 79.9 Å². The summed E-state index contributed by atoms with van der Waals surface area (Å²) in [5.41, 5.74) is 1.31. The summed E-state index contributed by atoms with van der Waals surface area (Å²) in [6.07, 6.45) is 1.82. The number of carbonyl (C=O) groups excluding carboxylic acids is 2. The lowest BCUT2D eigenvalue weighted by atomic mass is 10.0. The normalized spacial score (nSPS) is 14.7. The van der Waals surface area contributed by atoms with Crippen LogP contribution < -0.4 is 20.1 Å². The third-order valence-corrected chi connectivity index (χ3v) is 5.08. The van der Waals surface area contributed by atoms with E-state index in [2.05, 4.69) is 39.8 Å². The SMILES string of the molecule is COc1ccc(OCC(=O)NCC(=O)NC2CCN(Cc3ccccc3)CC2)cc1. The molecule has 0 aromatic heterocycles. The van der Waals surface area contributed by atoms with Gasteiger partial charge in [0.1, 0.15) is 11.5 Å². The van der Waals surface area contributed by atoms with E-state index in [1.54, 1.807) is 31.4 Å². The van der Waals surface area contributed by atoms with Crippen molar-refractivity contribution >= 4 is 11.8 Å². The van der Waals surface area contributed by atoms with E-state index in [1.807, 2.05) is 6.07 Å². The molecule has 30 heavy (non-hydrogen) atoms. The van der Waals surface area contributed by atoms with Crippen LogP contribution in [0.3, 0.4) is 0 Å². The van der Waals surface area contributed by atoms with Crippen molar-refractivity contribution in [3.8, 4) is 11.5 Å². The molecular formula is C23H29N3O4. The first-order valence-corrected chi connectivity index (χ1v) is 10.2.